The van der Waals surface area contributed by atoms with Crippen LogP contribution in [-0.2, 0) is 4.79 Å². The summed E-state index contributed by atoms with van der Waals surface area (Å²) in [5.74, 6) is 0.469. The summed E-state index contributed by atoms with van der Waals surface area (Å²) in [5.41, 5.74) is 0. The summed E-state index contributed by atoms with van der Waals surface area (Å²) in [5, 5.41) is 9.04. The predicted octanol–water partition coefficient (Wildman–Crippen LogP) is 0.380. The van der Waals surface area contributed by atoms with E-state index in [0.717, 1.165) is 19.4 Å². The van der Waals surface area contributed by atoms with Crippen molar-refractivity contribution in [3.8, 4) is 0 Å². The van der Waals surface area contributed by atoms with Crippen LogP contribution in [0.3, 0.4) is 0 Å². The summed E-state index contributed by atoms with van der Waals surface area (Å²) in [6, 6.07) is 0.358. The zero-order valence-electron chi connectivity index (χ0n) is 7.20. The largest absolute Gasteiger partial charge is 0.396 e. The normalized spacial score (nSPS) is 35.4. The summed E-state index contributed by atoms with van der Waals surface area (Å²) in [7, 11) is 0. The topological polar surface area (TPSA) is 40.5 Å². The van der Waals surface area contributed by atoms with Gasteiger partial charge in [0.05, 0.1) is 0 Å². The van der Waals surface area contributed by atoms with Crippen molar-refractivity contribution in [2.75, 3.05) is 13.2 Å². The van der Waals surface area contributed by atoms with Crippen LogP contribution in [0.2, 0.25) is 0 Å². The molecule has 2 atom stereocenters. The molecule has 0 spiro atoms. The molecule has 2 aliphatic heterocycles. The van der Waals surface area contributed by atoms with Crippen molar-refractivity contribution >= 4 is 5.91 Å². The molecule has 68 valence electrons. The first-order valence-corrected chi connectivity index (χ1v) is 4.73. The van der Waals surface area contributed by atoms with Crippen molar-refractivity contribution in [1.29, 1.82) is 0 Å². The molecule has 0 aromatic carbocycles. The van der Waals surface area contributed by atoms with E-state index in [1.54, 1.807) is 0 Å². The van der Waals surface area contributed by atoms with E-state index in [2.05, 4.69) is 0 Å². The van der Waals surface area contributed by atoms with Crippen molar-refractivity contribution in [1.82, 2.24) is 4.90 Å². The molecule has 1 amide bonds. The summed E-state index contributed by atoms with van der Waals surface area (Å²) in [6.45, 7) is 1.09. The minimum atomic E-state index is 0.174. The van der Waals surface area contributed by atoms with Crippen molar-refractivity contribution in [3.63, 3.8) is 0 Å². The van der Waals surface area contributed by atoms with E-state index in [-0.39, 0.29) is 18.4 Å². The number of hydrogen-bond donors (Lipinski definition) is 1. The fourth-order valence-corrected chi connectivity index (χ4v) is 2.42. The van der Waals surface area contributed by atoms with Crippen molar-refractivity contribution in [3.05, 3.63) is 0 Å². The lowest BCUT2D eigenvalue weighted by molar-refractivity contribution is -0.129. The Morgan fingerprint density at radius 3 is 3.08 bits per heavy atom. The van der Waals surface area contributed by atoms with Crippen molar-refractivity contribution < 1.29 is 9.90 Å². The summed E-state index contributed by atoms with van der Waals surface area (Å²) >= 11 is 0. The number of carbonyl (C=O) groups is 1. The predicted molar refractivity (Wildman–Crippen MR) is 44.5 cm³/mol. The molecule has 3 heteroatoms. The van der Waals surface area contributed by atoms with E-state index in [0.29, 0.717) is 12.5 Å². The maximum atomic E-state index is 11.4. The number of carbonyl (C=O) groups excluding carboxylic acids is 1. The number of aliphatic hydroxyl groups excluding tert-OH is 1. The minimum absolute atomic E-state index is 0.174. The van der Waals surface area contributed by atoms with Crippen LogP contribution in [0.25, 0.3) is 0 Å². The van der Waals surface area contributed by atoms with Crippen LogP contribution in [0.15, 0.2) is 0 Å². The van der Waals surface area contributed by atoms with Crippen molar-refractivity contribution in [2.45, 2.75) is 31.7 Å². The molecule has 2 rings (SSSR count). The molecule has 0 aromatic rings. The number of fused-ring (bicyclic) bond motifs is 1. The summed E-state index contributed by atoms with van der Waals surface area (Å²) in [4.78, 5) is 13.4. The smallest absolute Gasteiger partial charge is 0.223 e. The average Bonchev–Trinajstić information content (AvgIpc) is 2.44. The second-order valence-electron chi connectivity index (χ2n) is 3.80. The number of hydrogen-bond acceptors (Lipinski definition) is 2. The Labute approximate surface area is 72.4 Å². The van der Waals surface area contributed by atoms with E-state index in [1.807, 2.05) is 4.90 Å². The van der Waals surface area contributed by atoms with Gasteiger partial charge in [0.25, 0.3) is 0 Å². The van der Waals surface area contributed by atoms with E-state index < -0.39 is 0 Å². The SMILES string of the molecule is O=C1CC(CO)C2CCCCN12. The number of amides is 1. The number of nitrogens with zero attached hydrogens (tertiary/aromatic N) is 1. The van der Waals surface area contributed by atoms with Crippen LogP contribution >= 0.6 is 0 Å². The Bertz CT molecular complexity index is 193. The summed E-state index contributed by atoms with van der Waals surface area (Å²) < 4.78 is 0. The maximum Gasteiger partial charge on any atom is 0.223 e. The number of aliphatic hydroxyl groups is 1. The molecule has 0 radical (unpaired) electrons. The quantitative estimate of drug-likeness (QED) is 0.616. The molecule has 2 saturated heterocycles. The molecule has 1 N–H and O–H groups in total. The van der Waals surface area contributed by atoms with E-state index in [9.17, 15) is 4.79 Å². The highest BCUT2D eigenvalue weighted by atomic mass is 16.3. The first kappa shape index (κ1) is 8.05. The van der Waals surface area contributed by atoms with Crippen LogP contribution in [0.4, 0.5) is 0 Å². The Balaban J connectivity index is 2.10. The standard InChI is InChI=1S/C9H15NO2/c11-6-7-5-9(12)10-4-2-1-3-8(7)10/h7-8,11H,1-6H2. The van der Waals surface area contributed by atoms with Gasteiger partial charge in [0, 0.05) is 31.5 Å². The van der Waals surface area contributed by atoms with Gasteiger partial charge in [-0.05, 0) is 19.3 Å². The fourth-order valence-electron chi connectivity index (χ4n) is 2.42. The lowest BCUT2D eigenvalue weighted by Gasteiger charge is -2.31. The molecule has 0 saturated carbocycles. The Morgan fingerprint density at radius 1 is 1.50 bits per heavy atom. The highest BCUT2D eigenvalue weighted by Gasteiger charge is 2.39. The van der Waals surface area contributed by atoms with Gasteiger partial charge >= 0.3 is 0 Å². The second kappa shape index (κ2) is 3.05. The van der Waals surface area contributed by atoms with Crippen molar-refractivity contribution in [2.24, 2.45) is 5.92 Å². The van der Waals surface area contributed by atoms with E-state index >= 15 is 0 Å². The van der Waals surface area contributed by atoms with Crippen LogP contribution in [-0.4, -0.2) is 35.1 Å². The minimum Gasteiger partial charge on any atom is -0.396 e. The Morgan fingerprint density at radius 2 is 2.33 bits per heavy atom. The molecule has 0 aliphatic carbocycles. The molecule has 12 heavy (non-hydrogen) atoms. The fraction of sp³-hybridized carbons (Fsp3) is 0.889. The van der Waals surface area contributed by atoms with Crippen LogP contribution in [0.1, 0.15) is 25.7 Å². The maximum absolute atomic E-state index is 11.4. The molecule has 2 heterocycles. The third kappa shape index (κ3) is 1.12. The molecule has 2 fully saturated rings. The first-order chi connectivity index (χ1) is 5.83. The van der Waals surface area contributed by atoms with Gasteiger partial charge < -0.3 is 10.0 Å². The number of rotatable bonds is 1. The van der Waals surface area contributed by atoms with Gasteiger partial charge in [0.2, 0.25) is 5.91 Å². The molecular weight excluding hydrogens is 154 g/mol. The monoisotopic (exact) mass is 169 g/mol. The lowest BCUT2D eigenvalue weighted by atomic mass is 9.94. The number of piperidine rings is 1. The zero-order chi connectivity index (χ0) is 8.55. The van der Waals surface area contributed by atoms with Crippen LogP contribution in [0.5, 0.6) is 0 Å². The van der Waals surface area contributed by atoms with Gasteiger partial charge in [-0.2, -0.15) is 0 Å². The third-order valence-corrected chi connectivity index (χ3v) is 3.09. The van der Waals surface area contributed by atoms with Crippen LogP contribution in [0, 0.1) is 5.92 Å². The Kier molecular flexibility index (Phi) is 2.05. The highest BCUT2D eigenvalue weighted by Crippen LogP contribution is 2.32. The van der Waals surface area contributed by atoms with E-state index in [4.69, 9.17) is 5.11 Å². The highest BCUT2D eigenvalue weighted by molar-refractivity contribution is 5.79. The molecular formula is C9H15NO2. The molecule has 0 aromatic heterocycles. The van der Waals surface area contributed by atoms with E-state index in [1.165, 1.54) is 6.42 Å². The van der Waals surface area contributed by atoms with Gasteiger partial charge in [0.1, 0.15) is 0 Å². The molecule has 2 aliphatic rings. The molecule has 3 nitrogen and oxygen atoms in total. The zero-order valence-corrected chi connectivity index (χ0v) is 7.20. The van der Waals surface area contributed by atoms with Gasteiger partial charge in [0.15, 0.2) is 0 Å². The van der Waals surface area contributed by atoms with Gasteiger partial charge in [-0.1, -0.05) is 0 Å². The van der Waals surface area contributed by atoms with Crippen LogP contribution < -0.4 is 0 Å². The third-order valence-electron chi connectivity index (χ3n) is 3.09. The Hall–Kier alpha value is -0.570. The lowest BCUT2D eigenvalue weighted by Crippen LogP contribution is -2.39. The van der Waals surface area contributed by atoms with Gasteiger partial charge in [-0.15, -0.1) is 0 Å². The second-order valence-corrected chi connectivity index (χ2v) is 3.80. The van der Waals surface area contributed by atoms with Gasteiger partial charge in [-0.25, -0.2) is 0 Å². The molecule has 2 unspecified atom stereocenters. The molecule has 0 bridgehead atoms. The summed E-state index contributed by atoms with van der Waals surface area (Å²) in [6.07, 6.45) is 4.02. The first-order valence-electron chi connectivity index (χ1n) is 4.73. The average molecular weight is 169 g/mol. The van der Waals surface area contributed by atoms with Gasteiger partial charge in [-0.3, -0.25) is 4.79 Å².